The van der Waals surface area contributed by atoms with Gasteiger partial charge < -0.3 is 4.90 Å². The van der Waals surface area contributed by atoms with E-state index in [2.05, 4.69) is 29.1 Å². The van der Waals surface area contributed by atoms with Gasteiger partial charge in [0.25, 0.3) is 5.56 Å². The molecule has 1 heterocycles. The van der Waals surface area contributed by atoms with Gasteiger partial charge in [-0.05, 0) is 31.6 Å². The Hall–Kier alpha value is -1.32. The molecule has 1 N–H and O–H groups in total. The van der Waals surface area contributed by atoms with Crippen LogP contribution >= 0.6 is 0 Å². The molecule has 1 aliphatic rings. The number of H-pyrrole nitrogens is 1. The molecule has 0 saturated heterocycles. The second kappa shape index (κ2) is 4.68. The van der Waals surface area contributed by atoms with Gasteiger partial charge in [-0.15, -0.1) is 0 Å². The van der Waals surface area contributed by atoms with Crippen molar-refractivity contribution in [2.45, 2.75) is 38.6 Å². The molecule has 1 aliphatic carbocycles. The molecular weight excluding hydrogens is 202 g/mol. The number of aromatic nitrogens is 2. The number of rotatable bonds is 2. The van der Waals surface area contributed by atoms with Crippen LogP contribution in [0.5, 0.6) is 0 Å². The van der Waals surface area contributed by atoms with Crippen molar-refractivity contribution in [2.24, 2.45) is 5.92 Å². The first-order valence-electron chi connectivity index (χ1n) is 5.94. The van der Waals surface area contributed by atoms with Gasteiger partial charge in [0.2, 0.25) is 0 Å². The van der Waals surface area contributed by atoms with E-state index in [4.69, 9.17) is 0 Å². The normalized spacial score (nSPS) is 25.4. The molecule has 0 radical (unpaired) electrons. The Morgan fingerprint density at radius 2 is 2.06 bits per heavy atom. The largest absolute Gasteiger partial charge is 0.370 e. The Kier molecular flexibility index (Phi) is 3.27. The topological polar surface area (TPSA) is 49.0 Å². The van der Waals surface area contributed by atoms with Crippen LogP contribution in [0, 0.1) is 5.92 Å². The molecule has 1 fully saturated rings. The SMILES string of the molecule is CC1CCC(N(C)c2cn[nH]c(=O)c2)CC1. The minimum absolute atomic E-state index is 0.131. The third-order valence-corrected chi connectivity index (χ3v) is 3.59. The quantitative estimate of drug-likeness (QED) is 0.828. The average molecular weight is 221 g/mol. The van der Waals surface area contributed by atoms with Gasteiger partial charge in [0.15, 0.2) is 0 Å². The van der Waals surface area contributed by atoms with Gasteiger partial charge in [-0.3, -0.25) is 4.79 Å². The van der Waals surface area contributed by atoms with E-state index in [1.165, 1.54) is 25.7 Å². The molecule has 1 saturated carbocycles. The van der Waals surface area contributed by atoms with Gasteiger partial charge in [0.05, 0.1) is 11.9 Å². The van der Waals surface area contributed by atoms with Crippen LogP contribution in [0.1, 0.15) is 32.6 Å². The van der Waals surface area contributed by atoms with Gasteiger partial charge in [-0.2, -0.15) is 5.10 Å². The van der Waals surface area contributed by atoms with Crippen LogP contribution in [-0.4, -0.2) is 23.3 Å². The number of nitrogens with one attached hydrogen (secondary N) is 1. The summed E-state index contributed by atoms with van der Waals surface area (Å²) in [6, 6.07) is 2.17. The molecule has 0 bridgehead atoms. The summed E-state index contributed by atoms with van der Waals surface area (Å²) in [4.78, 5) is 13.4. The van der Waals surface area contributed by atoms with Gasteiger partial charge >= 0.3 is 0 Å². The standard InChI is InChI=1S/C12H19N3O/c1-9-3-5-10(6-4-9)15(2)11-7-12(16)14-13-8-11/h7-10H,3-6H2,1-2H3,(H,14,16). The third-order valence-electron chi connectivity index (χ3n) is 3.59. The summed E-state index contributed by atoms with van der Waals surface area (Å²) >= 11 is 0. The van der Waals surface area contributed by atoms with Crippen molar-refractivity contribution < 1.29 is 0 Å². The Labute approximate surface area is 95.7 Å². The molecule has 2 rings (SSSR count). The lowest BCUT2D eigenvalue weighted by atomic mass is 9.86. The molecule has 1 aromatic rings. The lowest BCUT2D eigenvalue weighted by molar-refractivity contribution is 0.340. The van der Waals surface area contributed by atoms with E-state index in [-0.39, 0.29) is 5.56 Å². The Morgan fingerprint density at radius 1 is 1.38 bits per heavy atom. The van der Waals surface area contributed by atoms with Crippen LogP contribution in [0.4, 0.5) is 5.69 Å². The van der Waals surface area contributed by atoms with Gasteiger partial charge in [0, 0.05) is 19.2 Å². The maximum atomic E-state index is 11.2. The van der Waals surface area contributed by atoms with Crippen LogP contribution in [0.25, 0.3) is 0 Å². The zero-order valence-corrected chi connectivity index (χ0v) is 9.94. The Balaban J connectivity index is 2.07. The van der Waals surface area contributed by atoms with Crippen molar-refractivity contribution in [3.8, 4) is 0 Å². The van der Waals surface area contributed by atoms with Crippen LogP contribution < -0.4 is 10.5 Å². The van der Waals surface area contributed by atoms with E-state index in [9.17, 15) is 4.79 Å². The number of hydrogen-bond donors (Lipinski definition) is 1. The molecule has 0 amide bonds. The monoisotopic (exact) mass is 221 g/mol. The fraction of sp³-hybridized carbons (Fsp3) is 0.667. The van der Waals surface area contributed by atoms with Gasteiger partial charge in [-0.1, -0.05) is 6.92 Å². The highest BCUT2D eigenvalue weighted by molar-refractivity contribution is 5.42. The molecule has 0 aromatic carbocycles. The summed E-state index contributed by atoms with van der Waals surface area (Å²) in [6.45, 7) is 2.31. The van der Waals surface area contributed by atoms with Crippen molar-refractivity contribution in [1.29, 1.82) is 0 Å². The van der Waals surface area contributed by atoms with Crippen molar-refractivity contribution >= 4 is 5.69 Å². The molecule has 0 spiro atoms. The maximum absolute atomic E-state index is 11.2. The van der Waals surface area contributed by atoms with Crippen LogP contribution in [0.2, 0.25) is 0 Å². The van der Waals surface area contributed by atoms with E-state index >= 15 is 0 Å². The van der Waals surface area contributed by atoms with Crippen molar-refractivity contribution in [3.63, 3.8) is 0 Å². The summed E-state index contributed by atoms with van der Waals surface area (Å²) < 4.78 is 0. The summed E-state index contributed by atoms with van der Waals surface area (Å²) in [5.41, 5.74) is 0.789. The molecular formula is C12H19N3O. The maximum Gasteiger partial charge on any atom is 0.266 e. The van der Waals surface area contributed by atoms with Crippen LogP contribution in [-0.2, 0) is 0 Å². The second-order valence-corrected chi connectivity index (χ2v) is 4.83. The molecule has 88 valence electrons. The lowest BCUT2D eigenvalue weighted by Gasteiger charge is -2.34. The number of anilines is 1. The number of hydrogen-bond acceptors (Lipinski definition) is 3. The molecule has 4 heteroatoms. The lowest BCUT2D eigenvalue weighted by Crippen LogP contribution is -2.35. The summed E-state index contributed by atoms with van der Waals surface area (Å²) in [5.74, 6) is 0.849. The van der Waals surface area contributed by atoms with E-state index < -0.39 is 0 Å². The van der Waals surface area contributed by atoms with Gasteiger partial charge in [0.1, 0.15) is 0 Å². The average Bonchev–Trinajstić information content (AvgIpc) is 2.29. The second-order valence-electron chi connectivity index (χ2n) is 4.83. The molecule has 0 aliphatic heterocycles. The number of nitrogens with zero attached hydrogens (tertiary/aromatic N) is 2. The van der Waals surface area contributed by atoms with E-state index in [1.807, 2.05) is 0 Å². The molecule has 0 unspecified atom stereocenters. The highest BCUT2D eigenvalue weighted by Crippen LogP contribution is 2.28. The van der Waals surface area contributed by atoms with Crippen molar-refractivity contribution in [3.05, 3.63) is 22.6 Å². The minimum atomic E-state index is -0.131. The zero-order valence-electron chi connectivity index (χ0n) is 9.94. The molecule has 1 aromatic heterocycles. The highest BCUT2D eigenvalue weighted by atomic mass is 16.1. The Morgan fingerprint density at radius 3 is 2.69 bits per heavy atom. The van der Waals surface area contributed by atoms with Crippen molar-refractivity contribution in [1.82, 2.24) is 10.2 Å². The van der Waals surface area contributed by atoms with E-state index in [1.54, 1.807) is 12.3 Å². The first kappa shape index (κ1) is 11.2. The molecule has 16 heavy (non-hydrogen) atoms. The van der Waals surface area contributed by atoms with E-state index in [0.29, 0.717) is 6.04 Å². The predicted molar refractivity (Wildman–Crippen MR) is 64.7 cm³/mol. The molecule has 4 nitrogen and oxygen atoms in total. The van der Waals surface area contributed by atoms with Crippen LogP contribution in [0.15, 0.2) is 17.1 Å². The highest BCUT2D eigenvalue weighted by Gasteiger charge is 2.22. The summed E-state index contributed by atoms with van der Waals surface area (Å²) in [6.07, 6.45) is 6.71. The van der Waals surface area contributed by atoms with Crippen molar-refractivity contribution in [2.75, 3.05) is 11.9 Å². The predicted octanol–water partition coefficient (Wildman–Crippen LogP) is 1.78. The summed E-state index contributed by atoms with van der Waals surface area (Å²) in [5, 5.41) is 6.24. The van der Waals surface area contributed by atoms with Crippen LogP contribution in [0.3, 0.4) is 0 Å². The Bertz CT molecular complexity index is 393. The minimum Gasteiger partial charge on any atom is -0.370 e. The first-order valence-corrected chi connectivity index (χ1v) is 5.94. The smallest absolute Gasteiger partial charge is 0.266 e. The van der Waals surface area contributed by atoms with E-state index in [0.717, 1.165) is 11.6 Å². The fourth-order valence-electron chi connectivity index (χ4n) is 2.40. The molecule has 0 atom stereocenters. The summed E-state index contributed by atoms with van der Waals surface area (Å²) in [7, 11) is 2.05. The van der Waals surface area contributed by atoms with Gasteiger partial charge in [-0.25, -0.2) is 5.10 Å². The third kappa shape index (κ3) is 2.43. The zero-order chi connectivity index (χ0) is 11.5. The fourth-order valence-corrected chi connectivity index (χ4v) is 2.40. The first-order chi connectivity index (χ1) is 7.66. The number of aromatic amines is 1.